The van der Waals surface area contributed by atoms with Gasteiger partial charge in [0.05, 0.1) is 28.5 Å². The van der Waals surface area contributed by atoms with Crippen molar-refractivity contribution in [1.82, 2.24) is 9.13 Å². The fourth-order valence-corrected chi connectivity index (χ4v) is 8.93. The van der Waals surface area contributed by atoms with E-state index in [1.54, 1.807) is 22.8 Å². The van der Waals surface area contributed by atoms with E-state index in [0.29, 0.717) is 20.6 Å². The fraction of sp³-hybridized carbons (Fsp3) is 0.310. The van der Waals surface area contributed by atoms with Crippen LogP contribution in [-0.4, -0.2) is 22.2 Å². The highest BCUT2D eigenvalue weighted by Gasteiger charge is 2.33. The number of fused-ring (bicyclic) bond motifs is 2. The molecule has 7 nitrogen and oxygen atoms in total. The molecule has 10 heteroatoms. The average Bonchev–Trinajstić information content (AvgIpc) is 3.69. The summed E-state index contributed by atoms with van der Waals surface area (Å²) in [6, 6.07) is 7.79. The number of methoxy groups -OCH3 is 1. The molecule has 0 spiro atoms. The van der Waals surface area contributed by atoms with Crippen LogP contribution in [0.1, 0.15) is 63.6 Å². The summed E-state index contributed by atoms with van der Waals surface area (Å²) < 4.78 is 9.38. The summed E-state index contributed by atoms with van der Waals surface area (Å²) in [7, 11) is 1.34. The molecular formula is C29H26N4O3S3. The third kappa shape index (κ3) is 4.07. The molecule has 0 radical (unpaired) electrons. The lowest BCUT2D eigenvalue weighted by molar-refractivity contribution is -0.136. The number of aromatic nitrogens is 2. The van der Waals surface area contributed by atoms with Gasteiger partial charge in [0.15, 0.2) is 4.80 Å². The summed E-state index contributed by atoms with van der Waals surface area (Å²) in [6.07, 6.45) is 6.18. The number of hydrogen-bond acceptors (Lipinski definition) is 8. The molecule has 0 saturated heterocycles. The Morgan fingerprint density at radius 2 is 2.03 bits per heavy atom. The standard InChI is InChI=1S/C29H26N4O3S3/c1-15-12-18(17(3)32(15)27-20(14-30)19-8-5-6-9-21(19)38-27)13-23-26(34)33-25(22-10-7-11-37-22)24(28(35)36-4)16(2)31-29(33)39-23/h7,10-13,25H,5-6,8-9H2,1-4H3. The number of rotatable bonds is 4. The number of hydrogen-bond donors (Lipinski definition) is 0. The lowest BCUT2D eigenvalue weighted by atomic mass is 9.96. The summed E-state index contributed by atoms with van der Waals surface area (Å²) in [5, 5.41) is 12.9. The number of thiophene rings is 2. The van der Waals surface area contributed by atoms with Crippen molar-refractivity contribution in [2.45, 2.75) is 52.5 Å². The summed E-state index contributed by atoms with van der Waals surface area (Å²) in [4.78, 5) is 34.0. The first-order chi connectivity index (χ1) is 18.8. The second-order valence-corrected chi connectivity index (χ2v) is 12.8. The maximum Gasteiger partial charge on any atom is 0.338 e. The minimum atomic E-state index is -0.584. The monoisotopic (exact) mass is 574 g/mol. The number of nitriles is 1. The quantitative estimate of drug-likeness (QED) is 0.331. The van der Waals surface area contributed by atoms with Crippen LogP contribution in [0.2, 0.25) is 0 Å². The van der Waals surface area contributed by atoms with Crippen molar-refractivity contribution in [3.63, 3.8) is 0 Å². The molecule has 0 aromatic carbocycles. The number of carbonyl (C=O) groups is 1. The van der Waals surface area contributed by atoms with Gasteiger partial charge in [-0.15, -0.1) is 22.7 Å². The van der Waals surface area contributed by atoms with Gasteiger partial charge in [0.2, 0.25) is 0 Å². The van der Waals surface area contributed by atoms with Crippen LogP contribution < -0.4 is 14.9 Å². The highest BCUT2D eigenvalue weighted by Crippen LogP contribution is 2.38. The molecule has 5 heterocycles. The molecule has 1 atom stereocenters. The van der Waals surface area contributed by atoms with E-state index in [1.807, 2.05) is 37.4 Å². The van der Waals surface area contributed by atoms with Gasteiger partial charge in [-0.3, -0.25) is 9.36 Å². The van der Waals surface area contributed by atoms with Gasteiger partial charge in [-0.2, -0.15) is 5.26 Å². The number of carbonyl (C=O) groups excluding carboxylic acids is 1. The Morgan fingerprint density at radius 3 is 2.74 bits per heavy atom. The minimum absolute atomic E-state index is 0.194. The smallest absolute Gasteiger partial charge is 0.338 e. The number of ether oxygens (including phenoxy) is 1. The molecular weight excluding hydrogens is 549 g/mol. The minimum Gasteiger partial charge on any atom is -0.466 e. The molecule has 198 valence electrons. The first-order valence-electron chi connectivity index (χ1n) is 12.7. The topological polar surface area (TPSA) is 89.4 Å². The van der Waals surface area contributed by atoms with Gasteiger partial charge >= 0.3 is 5.97 Å². The molecule has 2 aliphatic rings. The van der Waals surface area contributed by atoms with Crippen molar-refractivity contribution in [3.05, 3.63) is 92.4 Å². The molecule has 4 aromatic heterocycles. The molecule has 0 bridgehead atoms. The zero-order valence-corrected chi connectivity index (χ0v) is 24.5. The van der Waals surface area contributed by atoms with Crippen molar-refractivity contribution in [2.75, 3.05) is 7.11 Å². The highest BCUT2D eigenvalue weighted by molar-refractivity contribution is 7.15. The largest absolute Gasteiger partial charge is 0.466 e. The number of esters is 1. The van der Waals surface area contributed by atoms with E-state index >= 15 is 0 Å². The Hall–Kier alpha value is -3.52. The van der Waals surface area contributed by atoms with Crippen LogP contribution in [0.5, 0.6) is 0 Å². The number of nitrogens with zero attached hydrogens (tertiary/aromatic N) is 4. The Morgan fingerprint density at radius 1 is 1.23 bits per heavy atom. The fourth-order valence-electron chi connectivity index (χ4n) is 5.62. The number of allylic oxidation sites excluding steroid dienone is 1. The maximum atomic E-state index is 13.9. The lowest BCUT2D eigenvalue weighted by Crippen LogP contribution is -2.39. The zero-order chi connectivity index (χ0) is 27.4. The van der Waals surface area contributed by atoms with E-state index in [1.165, 1.54) is 40.2 Å². The lowest BCUT2D eigenvalue weighted by Gasteiger charge is -2.22. The highest BCUT2D eigenvalue weighted by atomic mass is 32.1. The van der Waals surface area contributed by atoms with Crippen LogP contribution in [0.25, 0.3) is 11.1 Å². The van der Waals surface area contributed by atoms with Crippen LogP contribution in [0.3, 0.4) is 0 Å². The third-order valence-electron chi connectivity index (χ3n) is 7.46. The first kappa shape index (κ1) is 25.7. The normalized spacial score (nSPS) is 17.0. The van der Waals surface area contributed by atoms with Crippen molar-refractivity contribution in [3.8, 4) is 11.1 Å². The summed E-state index contributed by atoms with van der Waals surface area (Å²) >= 11 is 4.53. The third-order valence-corrected chi connectivity index (χ3v) is 10.6. The van der Waals surface area contributed by atoms with E-state index in [9.17, 15) is 14.9 Å². The van der Waals surface area contributed by atoms with Gasteiger partial charge in [-0.25, -0.2) is 9.79 Å². The van der Waals surface area contributed by atoms with E-state index < -0.39 is 12.0 Å². The SMILES string of the molecule is COC(=O)C1=C(C)N=c2sc(=Cc3cc(C)n(-c4sc5c(c4C#N)CCCC5)c3C)c(=O)n2C1c1cccs1. The second kappa shape index (κ2) is 9.90. The molecule has 39 heavy (non-hydrogen) atoms. The van der Waals surface area contributed by atoms with E-state index in [4.69, 9.17) is 4.74 Å². The average molecular weight is 575 g/mol. The van der Waals surface area contributed by atoms with Gasteiger partial charge in [0.1, 0.15) is 17.1 Å². The van der Waals surface area contributed by atoms with E-state index in [0.717, 1.165) is 58.1 Å². The number of aryl methyl sites for hydroxylation is 2. The van der Waals surface area contributed by atoms with Crippen LogP contribution in [-0.2, 0) is 22.4 Å². The Kier molecular flexibility index (Phi) is 6.53. The molecule has 1 unspecified atom stereocenters. The summed E-state index contributed by atoms with van der Waals surface area (Å²) in [5.41, 5.74) is 5.64. The predicted molar refractivity (Wildman–Crippen MR) is 155 cm³/mol. The van der Waals surface area contributed by atoms with Crippen LogP contribution in [0.4, 0.5) is 0 Å². The first-order valence-corrected chi connectivity index (χ1v) is 15.2. The molecule has 0 saturated carbocycles. The van der Waals surface area contributed by atoms with Crippen molar-refractivity contribution in [1.29, 1.82) is 5.26 Å². The van der Waals surface area contributed by atoms with Gasteiger partial charge in [0.25, 0.3) is 5.56 Å². The Bertz CT molecular complexity index is 1890. The van der Waals surface area contributed by atoms with Gasteiger partial charge in [0, 0.05) is 21.1 Å². The van der Waals surface area contributed by atoms with Gasteiger partial charge in [-0.1, -0.05) is 17.4 Å². The van der Waals surface area contributed by atoms with E-state index in [-0.39, 0.29) is 5.56 Å². The maximum absolute atomic E-state index is 13.9. The van der Waals surface area contributed by atoms with Gasteiger partial charge in [-0.05, 0) is 81.2 Å². The molecule has 1 aliphatic heterocycles. The summed E-state index contributed by atoms with van der Waals surface area (Å²) in [5.74, 6) is -0.487. The summed E-state index contributed by atoms with van der Waals surface area (Å²) in [6.45, 7) is 5.85. The molecule has 0 amide bonds. The second-order valence-electron chi connectivity index (χ2n) is 9.75. The van der Waals surface area contributed by atoms with Crippen molar-refractivity contribution >= 4 is 46.1 Å². The Balaban J connectivity index is 1.51. The van der Waals surface area contributed by atoms with E-state index in [2.05, 4.69) is 21.7 Å². The number of thiazole rings is 1. The molecule has 0 N–H and O–H groups in total. The molecule has 1 aliphatic carbocycles. The molecule has 6 rings (SSSR count). The Labute approximate surface area is 237 Å². The zero-order valence-electron chi connectivity index (χ0n) is 22.0. The predicted octanol–water partition coefficient (Wildman–Crippen LogP) is 4.69. The molecule has 0 fully saturated rings. The van der Waals surface area contributed by atoms with Crippen LogP contribution in [0.15, 0.2) is 44.6 Å². The van der Waals surface area contributed by atoms with Crippen LogP contribution >= 0.6 is 34.0 Å². The van der Waals surface area contributed by atoms with Crippen molar-refractivity contribution in [2.24, 2.45) is 4.99 Å². The van der Waals surface area contributed by atoms with Crippen LogP contribution in [0, 0.1) is 25.2 Å². The molecule has 4 aromatic rings. The van der Waals surface area contributed by atoms with Gasteiger partial charge < -0.3 is 9.30 Å². The van der Waals surface area contributed by atoms with Crippen molar-refractivity contribution < 1.29 is 9.53 Å².